The van der Waals surface area contributed by atoms with Crippen LogP contribution in [0, 0.1) is 23.5 Å². The van der Waals surface area contributed by atoms with Crippen molar-refractivity contribution in [2.24, 2.45) is 11.8 Å². The zero-order valence-corrected chi connectivity index (χ0v) is 49.1. The topological polar surface area (TPSA) is 319 Å². The van der Waals surface area contributed by atoms with Gasteiger partial charge in [0.2, 0.25) is 0 Å². The fraction of sp³-hybridized carbons (Fsp3) is 0.368. The number of hydrogen-bond donors (Lipinski definition) is 6. The number of aliphatic carboxylic acids is 1. The number of Topliss-reactive ketones (excluding diaryl/α,β-unsaturated/α-hetero) is 1. The lowest BCUT2D eigenvalue weighted by molar-refractivity contribution is -0.141. The third-order valence-corrected chi connectivity index (χ3v) is 13.9. The highest BCUT2D eigenvalue weighted by atomic mass is 32.1. The number of carbonyl (C=O) groups is 4. The predicted octanol–water partition coefficient (Wildman–Crippen LogP) is 9.63. The van der Waals surface area contributed by atoms with Crippen LogP contribution in [0.2, 0.25) is 0 Å². The Balaban J connectivity index is 0.000000237. The van der Waals surface area contributed by atoms with E-state index in [-0.39, 0.29) is 62.9 Å². The maximum absolute atomic E-state index is 14.0. The van der Waals surface area contributed by atoms with E-state index in [0.717, 1.165) is 10.6 Å². The number of ketones is 1. The number of nitrogens with one attached hydrogen (secondary N) is 2. The van der Waals surface area contributed by atoms with Crippen LogP contribution in [-0.2, 0) is 51.4 Å². The van der Waals surface area contributed by atoms with E-state index in [1.165, 1.54) is 83.8 Å². The summed E-state index contributed by atoms with van der Waals surface area (Å²) in [6, 6.07) is 20.3. The number of anilines is 5. The number of nitrogens with zero attached hydrogens (tertiary/aromatic N) is 10. The summed E-state index contributed by atoms with van der Waals surface area (Å²) in [6.45, 7) is 15.0. The first kappa shape index (κ1) is 63.4. The summed E-state index contributed by atoms with van der Waals surface area (Å²) in [7, 11) is 0. The molecule has 6 aromatic heterocycles. The zero-order chi connectivity index (χ0) is 60.4. The number of amides is 2. The highest BCUT2D eigenvalue weighted by molar-refractivity contribution is 7.18. The first-order valence-corrected chi connectivity index (χ1v) is 28.0. The Morgan fingerprint density at radius 2 is 1.02 bits per heavy atom. The van der Waals surface area contributed by atoms with Crippen LogP contribution in [0.1, 0.15) is 82.4 Å². The molecule has 0 saturated carbocycles. The molecule has 26 heteroatoms. The minimum Gasteiger partial charge on any atom is -0.481 e. The zero-order valence-electron chi connectivity index (χ0n) is 47.4. The molecule has 0 saturated heterocycles. The summed E-state index contributed by atoms with van der Waals surface area (Å²) in [5.41, 5.74) is 19.6. The largest absolute Gasteiger partial charge is 0.481 e. The Bertz CT molecular complexity index is 3460. The molecule has 2 aromatic carbocycles. The monoisotopic (exact) mass is 1180 g/mol. The molecule has 22 nitrogen and oxygen atoms in total. The Morgan fingerprint density at radius 3 is 1.42 bits per heavy atom. The number of ether oxygens (including phenoxy) is 2. The lowest BCUT2D eigenvalue weighted by atomic mass is 9.98. The Kier molecular flexibility index (Phi) is 22.4. The average molecular weight is 1180 g/mol. The molecule has 0 bridgehead atoms. The van der Waals surface area contributed by atoms with E-state index in [1.54, 1.807) is 71.6 Å². The van der Waals surface area contributed by atoms with Crippen molar-refractivity contribution in [1.29, 1.82) is 0 Å². The Morgan fingerprint density at radius 1 is 0.602 bits per heavy atom. The maximum atomic E-state index is 14.0. The van der Waals surface area contributed by atoms with Crippen molar-refractivity contribution in [1.82, 2.24) is 49.7 Å². The van der Waals surface area contributed by atoms with Gasteiger partial charge in [0.1, 0.15) is 62.0 Å². The summed E-state index contributed by atoms with van der Waals surface area (Å²) in [4.78, 5) is 88.7. The average Bonchev–Trinajstić information content (AvgIpc) is 4.31. The highest BCUT2D eigenvalue weighted by Gasteiger charge is 2.28. The third kappa shape index (κ3) is 19.7. The Labute approximate surface area is 487 Å². The van der Waals surface area contributed by atoms with E-state index in [2.05, 4.69) is 45.5 Å². The predicted molar refractivity (Wildman–Crippen MR) is 317 cm³/mol. The normalized spacial score (nSPS) is 12.0. The van der Waals surface area contributed by atoms with Crippen molar-refractivity contribution in [2.75, 3.05) is 54.0 Å². The van der Waals surface area contributed by atoms with Crippen LogP contribution in [-0.4, -0.2) is 116 Å². The van der Waals surface area contributed by atoms with Gasteiger partial charge < -0.3 is 52.2 Å². The van der Waals surface area contributed by atoms with Crippen LogP contribution < -0.4 is 27.8 Å². The number of carboxylic acid groups (broad SMARTS) is 1. The van der Waals surface area contributed by atoms with Gasteiger partial charge in [-0.25, -0.2) is 48.3 Å². The molecular formula is C57H69F2N15O7S2. The van der Waals surface area contributed by atoms with Gasteiger partial charge in [-0.05, 0) is 89.6 Å². The second-order valence-corrected chi connectivity index (χ2v) is 23.1. The van der Waals surface area contributed by atoms with E-state index in [9.17, 15) is 33.1 Å². The molecule has 8 rings (SSSR count). The summed E-state index contributed by atoms with van der Waals surface area (Å²) < 4.78 is 38.9. The molecule has 440 valence electrons. The van der Waals surface area contributed by atoms with Crippen LogP contribution in [0.4, 0.5) is 47.1 Å². The summed E-state index contributed by atoms with van der Waals surface area (Å²) in [5.74, 6) is -2.13. The quantitative estimate of drug-likeness (QED) is 0.0387. The molecule has 0 radical (unpaired) electrons. The minimum absolute atomic E-state index is 0.0113. The molecular weight excluding hydrogens is 1110 g/mol. The smallest absolute Gasteiger partial charge is 0.410 e. The minimum atomic E-state index is -0.996. The number of carbonyl (C=O) groups excluding carboxylic acids is 3. The summed E-state index contributed by atoms with van der Waals surface area (Å²) >= 11 is 2.72. The van der Waals surface area contributed by atoms with Gasteiger partial charge in [0, 0.05) is 69.4 Å². The van der Waals surface area contributed by atoms with Crippen molar-refractivity contribution in [2.45, 2.75) is 98.9 Å². The number of aromatic nitrogens is 8. The number of carboxylic acids is 1. The standard InChI is InChI=1S/C29H34FN7O3S.C22H27FN6O4S.C6H8N2/c1-18(23(38)14-19-8-5-6-10-21(19)31)16-37(28(39)40-29(2,3)4)13-11-24-36-25-26(34-17-35-27(25)41-24)33-15-22-20(30)9-7-12-32-22;1-13(20(30)31)11-29(21(32)33-22(2,3)4)9-7-16-28-17-18(26-12-27-19(17)34-16)25-10-15-14(23)6-5-8-24-15;7-5-3-1-2-4-6(5)8/h5-10,12,17-18H,11,13-16,31H2,1-4H3,(H,33,34,35);5-6,8,12-13H,7,9-11H2,1-4H3,(H,30,31)(H,25,26,27);1-4H,7-8H2. The van der Waals surface area contributed by atoms with Crippen LogP contribution in [0.25, 0.3) is 20.7 Å². The number of rotatable bonds is 20. The number of pyridine rings is 2. The SMILES string of the molecule is CC(CN(CCc1nc2c(NCc3ncccc3F)ncnc2s1)C(=O)OC(C)(C)C)C(=O)Cc1ccccc1N.CC(CN(CCc1nc2c(NCc3ncccc3F)ncnc2s1)C(=O)OC(C)(C)C)C(=O)O.Nc1ccccc1N. The number of benzene rings is 2. The highest BCUT2D eigenvalue weighted by Crippen LogP contribution is 2.28. The first-order chi connectivity index (χ1) is 39.3. The first-order valence-electron chi connectivity index (χ1n) is 26.4. The van der Waals surface area contributed by atoms with E-state index in [1.807, 2.05) is 30.3 Å². The molecule has 0 spiro atoms. The van der Waals surface area contributed by atoms with E-state index >= 15 is 0 Å². The Hall–Kier alpha value is -8.78. The van der Waals surface area contributed by atoms with Crippen LogP contribution in [0.3, 0.4) is 0 Å². The fourth-order valence-electron chi connectivity index (χ4n) is 7.54. The number of halogens is 2. The number of hydrogen-bond acceptors (Lipinski definition) is 21. The fourth-order valence-corrected chi connectivity index (χ4v) is 9.32. The van der Waals surface area contributed by atoms with Crippen molar-refractivity contribution >= 4 is 96.0 Å². The second kappa shape index (κ2) is 29.3. The van der Waals surface area contributed by atoms with Gasteiger partial charge in [-0.15, -0.1) is 0 Å². The summed E-state index contributed by atoms with van der Waals surface area (Å²) in [6.07, 6.45) is 5.74. The van der Waals surface area contributed by atoms with Crippen LogP contribution >= 0.6 is 22.7 Å². The number of para-hydroxylation sites is 3. The molecule has 2 amide bonds. The van der Waals surface area contributed by atoms with Gasteiger partial charge in [0.25, 0.3) is 0 Å². The van der Waals surface area contributed by atoms with Gasteiger partial charge in [-0.2, -0.15) is 0 Å². The van der Waals surface area contributed by atoms with Gasteiger partial charge >= 0.3 is 18.2 Å². The number of thiazole rings is 2. The van der Waals surface area contributed by atoms with Crippen LogP contribution in [0.5, 0.6) is 0 Å². The number of fused-ring (bicyclic) bond motifs is 2. The van der Waals surface area contributed by atoms with Crippen LogP contribution in [0.15, 0.2) is 97.8 Å². The lowest BCUT2D eigenvalue weighted by Crippen LogP contribution is -2.41. The van der Waals surface area contributed by atoms with Gasteiger partial charge in [-0.1, -0.05) is 66.9 Å². The van der Waals surface area contributed by atoms with E-state index in [4.69, 9.17) is 31.7 Å². The maximum Gasteiger partial charge on any atom is 0.410 e. The molecule has 83 heavy (non-hydrogen) atoms. The molecule has 2 unspecified atom stereocenters. The second-order valence-electron chi connectivity index (χ2n) is 21.0. The molecule has 2 atom stereocenters. The molecule has 8 aromatic rings. The van der Waals surface area contributed by atoms with Gasteiger partial charge in [0.05, 0.1) is 51.8 Å². The number of nitrogen functional groups attached to an aromatic ring is 3. The van der Waals surface area contributed by atoms with E-state index < -0.39 is 52.8 Å². The molecule has 0 fully saturated rings. The van der Waals surface area contributed by atoms with Crippen molar-refractivity contribution < 1.29 is 42.5 Å². The van der Waals surface area contributed by atoms with Gasteiger partial charge in [0.15, 0.2) is 11.6 Å². The number of nitrogens with two attached hydrogens (primary N) is 3. The molecule has 0 aliphatic carbocycles. The third-order valence-electron chi connectivity index (χ3n) is 11.9. The molecule has 6 heterocycles. The molecule has 0 aliphatic rings. The van der Waals surface area contributed by atoms with Gasteiger partial charge in [-0.3, -0.25) is 19.6 Å². The molecule has 9 N–H and O–H groups in total. The van der Waals surface area contributed by atoms with Crippen molar-refractivity contribution in [3.63, 3.8) is 0 Å². The van der Waals surface area contributed by atoms with E-state index in [0.29, 0.717) is 67.2 Å². The summed E-state index contributed by atoms with van der Waals surface area (Å²) in [5, 5.41) is 16.8. The van der Waals surface area contributed by atoms with Crippen molar-refractivity contribution in [3.05, 3.63) is 136 Å². The molecule has 0 aliphatic heterocycles. The lowest BCUT2D eigenvalue weighted by Gasteiger charge is -2.29. The van der Waals surface area contributed by atoms with Crippen molar-refractivity contribution in [3.8, 4) is 0 Å².